The van der Waals surface area contributed by atoms with Gasteiger partial charge in [0.25, 0.3) is 0 Å². The summed E-state index contributed by atoms with van der Waals surface area (Å²) >= 11 is 0. The maximum Gasteiger partial charge on any atom is 0.422 e. The van der Waals surface area contributed by atoms with Crippen LogP contribution in [0, 0.1) is 5.92 Å². The number of hydrogen-bond donors (Lipinski definition) is 1. The van der Waals surface area contributed by atoms with Gasteiger partial charge in [-0.25, -0.2) is 0 Å². The molecule has 5 nitrogen and oxygen atoms in total. The Hall–Kier alpha value is -2.12. The molecule has 1 N–H and O–H groups in total. The number of ether oxygens (including phenoxy) is 2. The molecule has 0 bridgehead atoms. The van der Waals surface area contributed by atoms with Gasteiger partial charge in [-0.05, 0) is 36.5 Å². The molecule has 0 spiro atoms. The van der Waals surface area contributed by atoms with Crippen LogP contribution in [0.5, 0.6) is 11.5 Å². The second-order valence-electron chi connectivity index (χ2n) is 6.46. The maximum absolute atomic E-state index is 12.3. The van der Waals surface area contributed by atoms with Crippen molar-refractivity contribution in [3.05, 3.63) is 23.8 Å². The first kappa shape index (κ1) is 20.2. The molecule has 0 amide bonds. The van der Waals surface area contributed by atoms with E-state index in [1.807, 2.05) is 0 Å². The highest BCUT2D eigenvalue weighted by Gasteiger charge is 2.29. The summed E-state index contributed by atoms with van der Waals surface area (Å²) in [6.07, 6.45) is -2.11. The lowest BCUT2D eigenvalue weighted by Crippen LogP contribution is -2.45. The van der Waals surface area contributed by atoms with Crippen molar-refractivity contribution in [3.8, 4) is 11.5 Å². The molecule has 0 radical (unpaired) electrons. The number of hydrogen-bond acceptors (Lipinski definition) is 3. The lowest BCUT2D eigenvalue weighted by Gasteiger charge is -2.33. The van der Waals surface area contributed by atoms with Gasteiger partial charge in [0.05, 0.1) is 7.11 Å². The van der Waals surface area contributed by atoms with Gasteiger partial charge in [-0.3, -0.25) is 4.99 Å². The van der Waals surface area contributed by atoms with Crippen LogP contribution >= 0.6 is 0 Å². The summed E-state index contributed by atoms with van der Waals surface area (Å²) in [6.45, 7) is 3.33. The average molecular weight is 373 g/mol. The smallest absolute Gasteiger partial charge is 0.422 e. The summed E-state index contributed by atoms with van der Waals surface area (Å²) in [7, 11) is 3.15. The van der Waals surface area contributed by atoms with E-state index < -0.39 is 12.8 Å². The van der Waals surface area contributed by atoms with Gasteiger partial charge >= 0.3 is 6.18 Å². The Morgan fingerprint density at radius 2 is 1.96 bits per heavy atom. The Balaban J connectivity index is 1.96. The molecule has 1 fully saturated rings. The van der Waals surface area contributed by atoms with Gasteiger partial charge in [0.1, 0.15) is 0 Å². The zero-order chi connectivity index (χ0) is 19.2. The minimum atomic E-state index is -4.39. The Kier molecular flexibility index (Phi) is 6.99. The second kappa shape index (κ2) is 9.00. The van der Waals surface area contributed by atoms with Crippen molar-refractivity contribution in [2.75, 3.05) is 33.9 Å². The maximum atomic E-state index is 12.3. The predicted octanol–water partition coefficient (Wildman–Crippen LogP) is 3.44. The van der Waals surface area contributed by atoms with Gasteiger partial charge in [0.15, 0.2) is 24.1 Å². The minimum Gasteiger partial charge on any atom is -0.493 e. The number of halogens is 3. The highest BCUT2D eigenvalue weighted by Crippen LogP contribution is 2.29. The third-order valence-corrected chi connectivity index (χ3v) is 4.36. The van der Waals surface area contributed by atoms with Crippen LogP contribution in [0.1, 0.15) is 25.3 Å². The van der Waals surface area contributed by atoms with Crippen molar-refractivity contribution in [1.29, 1.82) is 0 Å². The Bertz CT molecular complexity index is 612. The van der Waals surface area contributed by atoms with Crippen molar-refractivity contribution in [1.82, 2.24) is 10.2 Å². The lowest BCUT2D eigenvalue weighted by atomic mass is 9.99. The number of nitrogens with one attached hydrogen (secondary N) is 1. The number of methoxy groups -OCH3 is 1. The zero-order valence-electron chi connectivity index (χ0n) is 15.4. The highest BCUT2D eigenvalue weighted by atomic mass is 19.4. The number of aliphatic imine (C=N–C) groups is 1. The van der Waals surface area contributed by atoms with Gasteiger partial charge in [-0.2, -0.15) is 13.2 Å². The van der Waals surface area contributed by atoms with Crippen molar-refractivity contribution in [3.63, 3.8) is 0 Å². The van der Waals surface area contributed by atoms with Crippen LogP contribution in [0.2, 0.25) is 0 Å². The lowest BCUT2D eigenvalue weighted by molar-refractivity contribution is -0.153. The van der Waals surface area contributed by atoms with E-state index >= 15 is 0 Å². The molecule has 1 aromatic carbocycles. The molecule has 146 valence electrons. The van der Waals surface area contributed by atoms with Crippen molar-refractivity contribution < 1.29 is 22.6 Å². The van der Waals surface area contributed by atoms with E-state index in [-0.39, 0.29) is 11.5 Å². The minimum absolute atomic E-state index is 0.0722. The normalized spacial score (nSPS) is 16.5. The summed E-state index contributed by atoms with van der Waals surface area (Å²) in [6, 6.07) is 4.88. The molecule has 8 heteroatoms. The summed E-state index contributed by atoms with van der Waals surface area (Å²) in [5.41, 5.74) is 0.868. The molecular weight excluding hydrogens is 347 g/mol. The fraction of sp³-hybridized carbons (Fsp3) is 0.611. The van der Waals surface area contributed by atoms with Crippen LogP contribution in [0.25, 0.3) is 0 Å². The van der Waals surface area contributed by atoms with Crippen molar-refractivity contribution in [2.24, 2.45) is 10.9 Å². The van der Waals surface area contributed by atoms with Crippen molar-refractivity contribution >= 4 is 5.96 Å². The first-order chi connectivity index (χ1) is 12.3. The third-order valence-electron chi connectivity index (χ3n) is 4.36. The molecule has 1 heterocycles. The summed E-state index contributed by atoms with van der Waals surface area (Å²) < 4.78 is 46.9. The standard InChI is InChI=1S/C18H26F3N3O2/c1-13-6-8-24(9-7-13)17(22-2)23-11-14-4-5-15(16(10-14)25-3)26-12-18(19,20)21/h4-5,10,13H,6-9,11-12H2,1-3H3,(H,22,23). The summed E-state index contributed by atoms with van der Waals surface area (Å²) in [5.74, 6) is 1.91. The van der Waals surface area contributed by atoms with Gasteiger partial charge in [-0.15, -0.1) is 0 Å². The fourth-order valence-electron chi connectivity index (χ4n) is 2.83. The Morgan fingerprint density at radius 1 is 1.27 bits per heavy atom. The van der Waals surface area contributed by atoms with E-state index in [1.165, 1.54) is 13.2 Å². The zero-order valence-corrected chi connectivity index (χ0v) is 15.4. The Morgan fingerprint density at radius 3 is 2.54 bits per heavy atom. The molecule has 0 aromatic heterocycles. The van der Waals surface area contributed by atoms with Gasteiger partial charge in [-0.1, -0.05) is 13.0 Å². The van der Waals surface area contributed by atoms with Crippen LogP contribution in [0.15, 0.2) is 23.2 Å². The quantitative estimate of drug-likeness (QED) is 0.634. The topological polar surface area (TPSA) is 46.1 Å². The molecule has 1 aromatic rings. The van der Waals surface area contributed by atoms with Crippen molar-refractivity contribution in [2.45, 2.75) is 32.5 Å². The fourth-order valence-corrected chi connectivity index (χ4v) is 2.83. The first-order valence-corrected chi connectivity index (χ1v) is 8.64. The van der Waals surface area contributed by atoms with E-state index in [0.29, 0.717) is 6.54 Å². The van der Waals surface area contributed by atoms with Crippen LogP contribution in [0.3, 0.4) is 0 Å². The van der Waals surface area contributed by atoms with Gasteiger partial charge < -0.3 is 19.7 Å². The first-order valence-electron chi connectivity index (χ1n) is 8.64. The highest BCUT2D eigenvalue weighted by molar-refractivity contribution is 5.80. The van der Waals surface area contributed by atoms with Crippen LogP contribution in [0.4, 0.5) is 13.2 Å². The molecule has 0 saturated carbocycles. The molecule has 1 saturated heterocycles. The number of alkyl halides is 3. The van der Waals surface area contributed by atoms with Crippen LogP contribution in [-0.2, 0) is 6.54 Å². The number of guanidine groups is 1. The molecule has 26 heavy (non-hydrogen) atoms. The molecule has 0 unspecified atom stereocenters. The van der Waals surface area contributed by atoms with E-state index in [1.54, 1.807) is 19.2 Å². The molecule has 2 rings (SSSR count). The third kappa shape index (κ3) is 6.00. The SMILES string of the molecule is CN=C(NCc1ccc(OCC(F)(F)F)c(OC)c1)N1CCC(C)CC1. The van der Waals surface area contributed by atoms with E-state index in [0.717, 1.165) is 43.4 Å². The number of benzene rings is 1. The molecule has 0 atom stereocenters. The van der Waals surface area contributed by atoms with E-state index in [4.69, 9.17) is 9.47 Å². The predicted molar refractivity (Wildman–Crippen MR) is 94.7 cm³/mol. The van der Waals surface area contributed by atoms with Gasteiger partial charge in [0.2, 0.25) is 0 Å². The van der Waals surface area contributed by atoms with E-state index in [2.05, 4.69) is 22.1 Å². The molecular formula is C18H26F3N3O2. The molecule has 0 aliphatic carbocycles. The number of likely N-dealkylation sites (tertiary alicyclic amines) is 1. The average Bonchev–Trinajstić information content (AvgIpc) is 2.61. The summed E-state index contributed by atoms with van der Waals surface area (Å²) in [5, 5.41) is 3.30. The summed E-state index contributed by atoms with van der Waals surface area (Å²) in [4.78, 5) is 6.54. The van der Waals surface area contributed by atoms with Crippen LogP contribution in [-0.4, -0.2) is 50.9 Å². The second-order valence-corrected chi connectivity index (χ2v) is 6.46. The number of rotatable bonds is 5. The van der Waals surface area contributed by atoms with Crippen LogP contribution < -0.4 is 14.8 Å². The number of nitrogens with zero attached hydrogens (tertiary/aromatic N) is 2. The molecule has 1 aliphatic rings. The van der Waals surface area contributed by atoms with E-state index in [9.17, 15) is 13.2 Å². The number of piperidine rings is 1. The Labute approximate surface area is 152 Å². The largest absolute Gasteiger partial charge is 0.493 e. The van der Waals surface area contributed by atoms with Gasteiger partial charge in [0, 0.05) is 26.7 Å². The molecule has 1 aliphatic heterocycles. The monoisotopic (exact) mass is 373 g/mol.